The second kappa shape index (κ2) is 6.71. The van der Waals surface area contributed by atoms with Crippen LogP contribution in [0.25, 0.3) is 0 Å². The molecule has 2 fully saturated rings. The van der Waals surface area contributed by atoms with E-state index in [1.165, 1.54) is 4.90 Å². The molecular weight excluding hydrogens is 334 g/mol. The molecule has 5 nitrogen and oxygen atoms in total. The van der Waals surface area contributed by atoms with Crippen molar-refractivity contribution in [2.75, 3.05) is 6.54 Å². The maximum Gasteiger partial charge on any atom is 0.248 e. The smallest absolute Gasteiger partial charge is 0.248 e. The lowest BCUT2D eigenvalue weighted by Crippen LogP contribution is -2.45. The van der Waals surface area contributed by atoms with Gasteiger partial charge >= 0.3 is 0 Å². The van der Waals surface area contributed by atoms with Crippen molar-refractivity contribution in [1.82, 2.24) is 15.3 Å². The Kier molecular flexibility index (Phi) is 4.41. The van der Waals surface area contributed by atoms with Crippen LogP contribution in [0.3, 0.4) is 0 Å². The maximum atomic E-state index is 12.9. The zero-order chi connectivity index (χ0) is 17.4. The van der Waals surface area contributed by atoms with Crippen LogP contribution in [0, 0.1) is 5.92 Å². The molecule has 2 aliphatic heterocycles. The number of nitrogens with one attached hydrogen (secondary N) is 1. The first kappa shape index (κ1) is 16.4. The van der Waals surface area contributed by atoms with E-state index < -0.39 is 6.04 Å². The van der Waals surface area contributed by atoms with Crippen LogP contribution in [0.2, 0.25) is 0 Å². The number of nitrogens with zero attached hydrogens (tertiary/aromatic N) is 2. The number of rotatable bonds is 5. The quantitative estimate of drug-likeness (QED) is 0.838. The average molecular weight is 355 g/mol. The van der Waals surface area contributed by atoms with Crippen LogP contribution < -0.4 is 5.43 Å². The lowest BCUT2D eigenvalue weighted by Gasteiger charge is -2.24. The summed E-state index contributed by atoms with van der Waals surface area (Å²) in [6, 6.07) is 13.5. The van der Waals surface area contributed by atoms with E-state index in [-0.39, 0.29) is 23.8 Å². The first-order valence-electron chi connectivity index (χ1n) is 8.66. The van der Waals surface area contributed by atoms with Crippen molar-refractivity contribution in [2.24, 2.45) is 5.92 Å². The highest BCUT2D eigenvalue weighted by Gasteiger charge is 2.58. The summed E-state index contributed by atoms with van der Waals surface area (Å²) < 4.78 is 0. The van der Waals surface area contributed by atoms with Crippen molar-refractivity contribution in [2.45, 2.75) is 32.0 Å². The number of thiophene rings is 1. The maximum absolute atomic E-state index is 12.9. The molecule has 2 aliphatic rings. The fourth-order valence-corrected chi connectivity index (χ4v) is 4.62. The number of hydrogen-bond acceptors (Lipinski definition) is 5. The number of likely N-dealkylation sites (tertiary alicyclic amines) is 1. The van der Waals surface area contributed by atoms with E-state index in [1.54, 1.807) is 11.3 Å². The van der Waals surface area contributed by atoms with E-state index in [2.05, 4.69) is 5.43 Å². The summed E-state index contributed by atoms with van der Waals surface area (Å²) in [7, 11) is 0. The van der Waals surface area contributed by atoms with Crippen LogP contribution in [0.15, 0.2) is 47.8 Å². The molecule has 130 valence electrons. The predicted octanol–water partition coefficient (Wildman–Crippen LogP) is 2.57. The molecule has 1 aromatic carbocycles. The minimum atomic E-state index is -0.425. The van der Waals surface area contributed by atoms with Crippen LogP contribution in [0.4, 0.5) is 0 Å². The fourth-order valence-electron chi connectivity index (χ4n) is 3.81. The van der Waals surface area contributed by atoms with Gasteiger partial charge < -0.3 is 0 Å². The Labute approximate surface area is 151 Å². The summed E-state index contributed by atoms with van der Waals surface area (Å²) in [6.07, 6.45) is 0.784. The summed E-state index contributed by atoms with van der Waals surface area (Å²) in [6.45, 7) is 3.09. The average Bonchev–Trinajstić information content (AvgIpc) is 3.31. The van der Waals surface area contributed by atoms with Crippen molar-refractivity contribution >= 4 is 23.2 Å². The highest BCUT2D eigenvalue weighted by Crippen LogP contribution is 2.41. The minimum Gasteiger partial charge on any atom is -0.281 e. The number of carbonyl (C=O) groups is 2. The van der Waals surface area contributed by atoms with Crippen molar-refractivity contribution in [3.05, 3.63) is 58.3 Å². The number of imide groups is 1. The molecule has 2 aromatic rings. The Morgan fingerprint density at radius 3 is 2.56 bits per heavy atom. The number of carbonyl (C=O) groups excluding carboxylic acids is 2. The third-order valence-corrected chi connectivity index (χ3v) is 5.86. The Bertz CT molecular complexity index is 762. The van der Waals surface area contributed by atoms with Gasteiger partial charge in [-0.2, -0.15) is 0 Å². The monoisotopic (exact) mass is 355 g/mol. The van der Waals surface area contributed by atoms with Gasteiger partial charge in [0.25, 0.3) is 0 Å². The first-order chi connectivity index (χ1) is 12.2. The van der Waals surface area contributed by atoms with E-state index >= 15 is 0 Å². The molecule has 0 aliphatic carbocycles. The van der Waals surface area contributed by atoms with Crippen molar-refractivity contribution in [3.63, 3.8) is 0 Å². The highest BCUT2D eigenvalue weighted by molar-refractivity contribution is 7.10. The zero-order valence-electron chi connectivity index (χ0n) is 14.1. The largest absolute Gasteiger partial charge is 0.281 e. The van der Waals surface area contributed by atoms with Gasteiger partial charge in [0.15, 0.2) is 0 Å². The molecule has 3 unspecified atom stereocenters. The summed E-state index contributed by atoms with van der Waals surface area (Å²) in [5, 5.41) is 3.97. The van der Waals surface area contributed by atoms with Crippen LogP contribution >= 0.6 is 11.3 Å². The molecule has 1 aromatic heterocycles. The van der Waals surface area contributed by atoms with Crippen molar-refractivity contribution in [3.8, 4) is 0 Å². The summed E-state index contributed by atoms with van der Waals surface area (Å²) in [4.78, 5) is 28.4. The molecule has 2 saturated heterocycles. The Hall–Kier alpha value is -2.02. The Balaban J connectivity index is 1.67. The molecule has 4 rings (SSSR count). The summed E-state index contributed by atoms with van der Waals surface area (Å²) >= 11 is 1.62. The van der Waals surface area contributed by atoms with Gasteiger partial charge in [0.05, 0.1) is 12.0 Å². The molecule has 1 N–H and O–H groups in total. The van der Waals surface area contributed by atoms with E-state index in [0.717, 1.165) is 16.9 Å². The summed E-state index contributed by atoms with van der Waals surface area (Å²) in [5.41, 5.74) is 4.56. The number of hydrazine groups is 1. The molecule has 0 radical (unpaired) electrons. The SMILES string of the molecule is CCCN1C(=O)C2C(c3cccs3)NN(Cc3ccccc3)C2C1=O. The van der Waals surface area contributed by atoms with Gasteiger partial charge in [-0.15, -0.1) is 11.3 Å². The Morgan fingerprint density at radius 2 is 1.88 bits per heavy atom. The van der Waals surface area contributed by atoms with Crippen LogP contribution in [-0.4, -0.2) is 34.3 Å². The van der Waals surface area contributed by atoms with Crippen LogP contribution in [0.5, 0.6) is 0 Å². The number of benzene rings is 1. The van der Waals surface area contributed by atoms with E-state index in [9.17, 15) is 9.59 Å². The van der Waals surface area contributed by atoms with Gasteiger partial charge in [0, 0.05) is 18.0 Å². The van der Waals surface area contributed by atoms with Crippen molar-refractivity contribution < 1.29 is 9.59 Å². The zero-order valence-corrected chi connectivity index (χ0v) is 14.9. The summed E-state index contributed by atoms with van der Waals surface area (Å²) in [5.74, 6) is -0.459. The first-order valence-corrected chi connectivity index (χ1v) is 9.54. The van der Waals surface area contributed by atoms with E-state index in [4.69, 9.17) is 0 Å². The Morgan fingerprint density at radius 1 is 1.08 bits per heavy atom. The highest BCUT2D eigenvalue weighted by atomic mass is 32.1. The molecule has 25 heavy (non-hydrogen) atoms. The van der Waals surface area contributed by atoms with Gasteiger partial charge in [-0.1, -0.05) is 43.3 Å². The number of hydrogen-bond donors (Lipinski definition) is 1. The van der Waals surface area contributed by atoms with Crippen LogP contribution in [0.1, 0.15) is 29.8 Å². The molecule has 0 bridgehead atoms. The van der Waals surface area contributed by atoms with Gasteiger partial charge in [0.2, 0.25) is 11.8 Å². The molecule has 0 spiro atoms. The number of amides is 2. The van der Waals surface area contributed by atoms with Gasteiger partial charge in [-0.3, -0.25) is 14.5 Å². The molecule has 3 atom stereocenters. The lowest BCUT2D eigenvalue weighted by atomic mass is 9.95. The van der Waals surface area contributed by atoms with Crippen LogP contribution in [-0.2, 0) is 16.1 Å². The normalized spacial score (nSPS) is 26.4. The van der Waals surface area contributed by atoms with Gasteiger partial charge in [-0.05, 0) is 23.4 Å². The van der Waals surface area contributed by atoms with Gasteiger partial charge in [-0.25, -0.2) is 10.4 Å². The molecule has 2 amide bonds. The molecule has 3 heterocycles. The fraction of sp³-hybridized carbons (Fsp3) is 0.368. The third-order valence-electron chi connectivity index (χ3n) is 4.90. The second-order valence-corrected chi connectivity index (χ2v) is 7.51. The topological polar surface area (TPSA) is 52.7 Å². The van der Waals surface area contributed by atoms with E-state index in [1.807, 2.05) is 59.8 Å². The predicted molar refractivity (Wildman–Crippen MR) is 96.5 cm³/mol. The minimum absolute atomic E-state index is 0.0432. The third kappa shape index (κ3) is 2.80. The van der Waals surface area contributed by atoms with E-state index in [0.29, 0.717) is 13.1 Å². The molecule has 0 saturated carbocycles. The lowest BCUT2D eigenvalue weighted by molar-refractivity contribution is -0.141. The molecular formula is C19H21N3O2S. The number of fused-ring (bicyclic) bond motifs is 1. The van der Waals surface area contributed by atoms with Gasteiger partial charge in [0.1, 0.15) is 6.04 Å². The molecule has 6 heteroatoms. The standard InChI is InChI=1S/C19H21N3O2S/c1-2-10-21-18(23)15-16(14-9-6-11-25-14)20-22(17(15)19(21)24)12-13-7-4-3-5-8-13/h3-9,11,15-17,20H,2,10,12H2,1H3. The second-order valence-electron chi connectivity index (χ2n) is 6.53. The van der Waals surface area contributed by atoms with Crippen molar-refractivity contribution in [1.29, 1.82) is 0 Å².